The summed E-state index contributed by atoms with van der Waals surface area (Å²) < 4.78 is 0. The van der Waals surface area contributed by atoms with Gasteiger partial charge in [-0.3, -0.25) is 9.69 Å². The molecule has 1 saturated carbocycles. The molecule has 19 heavy (non-hydrogen) atoms. The molecule has 0 radical (unpaired) electrons. The van der Waals surface area contributed by atoms with Crippen molar-refractivity contribution in [1.29, 1.82) is 0 Å². The summed E-state index contributed by atoms with van der Waals surface area (Å²) >= 11 is 1.93. The molecule has 4 heteroatoms. The molecule has 0 atom stereocenters. The summed E-state index contributed by atoms with van der Waals surface area (Å²) in [5.74, 6) is 0.778. The second kappa shape index (κ2) is 5.63. The van der Waals surface area contributed by atoms with Crippen molar-refractivity contribution in [1.82, 2.24) is 9.80 Å². The highest BCUT2D eigenvalue weighted by atomic mass is 32.1. The number of aryl methyl sites for hydroxylation is 1. The fraction of sp³-hybridized carbons (Fsp3) is 0.667. The predicted octanol–water partition coefficient (Wildman–Crippen LogP) is 2.36. The SMILES string of the molecule is CCc1ccc(CN2CCN(C(=O)C3CC3)CC2)s1. The monoisotopic (exact) mass is 278 g/mol. The van der Waals surface area contributed by atoms with Crippen molar-refractivity contribution in [3.8, 4) is 0 Å². The van der Waals surface area contributed by atoms with Gasteiger partial charge in [-0.2, -0.15) is 0 Å². The lowest BCUT2D eigenvalue weighted by Gasteiger charge is -2.34. The fourth-order valence-electron chi connectivity index (χ4n) is 2.63. The van der Waals surface area contributed by atoms with E-state index in [9.17, 15) is 4.79 Å². The Bertz CT molecular complexity index is 445. The molecular formula is C15H22N2OS. The zero-order valence-electron chi connectivity index (χ0n) is 11.6. The van der Waals surface area contributed by atoms with Gasteiger partial charge in [0.05, 0.1) is 0 Å². The van der Waals surface area contributed by atoms with Crippen LogP contribution in [-0.4, -0.2) is 41.9 Å². The van der Waals surface area contributed by atoms with E-state index in [-0.39, 0.29) is 0 Å². The van der Waals surface area contributed by atoms with Gasteiger partial charge in [-0.1, -0.05) is 6.92 Å². The molecule has 2 fully saturated rings. The van der Waals surface area contributed by atoms with Gasteiger partial charge < -0.3 is 4.90 Å². The lowest BCUT2D eigenvalue weighted by molar-refractivity contribution is -0.134. The van der Waals surface area contributed by atoms with Crippen LogP contribution in [0.2, 0.25) is 0 Å². The minimum absolute atomic E-state index is 0.371. The maximum absolute atomic E-state index is 12.0. The van der Waals surface area contributed by atoms with Crippen LogP contribution in [0.15, 0.2) is 12.1 Å². The summed E-state index contributed by atoms with van der Waals surface area (Å²) in [7, 11) is 0. The van der Waals surface area contributed by atoms with E-state index < -0.39 is 0 Å². The topological polar surface area (TPSA) is 23.6 Å². The number of nitrogens with zero attached hydrogens (tertiary/aromatic N) is 2. The minimum atomic E-state index is 0.371. The van der Waals surface area contributed by atoms with Crippen LogP contribution in [0.4, 0.5) is 0 Å². The Morgan fingerprint density at radius 2 is 1.89 bits per heavy atom. The van der Waals surface area contributed by atoms with Crippen LogP contribution in [0.1, 0.15) is 29.5 Å². The van der Waals surface area contributed by atoms with Crippen LogP contribution in [-0.2, 0) is 17.8 Å². The van der Waals surface area contributed by atoms with E-state index >= 15 is 0 Å². The third-order valence-electron chi connectivity index (χ3n) is 4.06. The molecule has 0 N–H and O–H groups in total. The average molecular weight is 278 g/mol. The van der Waals surface area contributed by atoms with Gasteiger partial charge in [-0.25, -0.2) is 0 Å². The smallest absolute Gasteiger partial charge is 0.225 e. The number of thiophene rings is 1. The molecule has 1 aliphatic heterocycles. The lowest BCUT2D eigenvalue weighted by Crippen LogP contribution is -2.48. The van der Waals surface area contributed by atoms with E-state index in [2.05, 4.69) is 28.9 Å². The van der Waals surface area contributed by atoms with Crippen molar-refractivity contribution in [2.24, 2.45) is 5.92 Å². The van der Waals surface area contributed by atoms with E-state index in [0.717, 1.165) is 52.0 Å². The van der Waals surface area contributed by atoms with Crippen molar-refractivity contribution in [2.75, 3.05) is 26.2 Å². The zero-order valence-corrected chi connectivity index (χ0v) is 12.4. The summed E-state index contributed by atoms with van der Waals surface area (Å²) in [5, 5.41) is 0. The zero-order chi connectivity index (χ0) is 13.2. The Hall–Kier alpha value is -0.870. The van der Waals surface area contributed by atoms with E-state index in [0.29, 0.717) is 11.8 Å². The molecule has 2 aliphatic rings. The van der Waals surface area contributed by atoms with Crippen LogP contribution >= 0.6 is 11.3 Å². The first-order chi connectivity index (χ1) is 9.26. The maximum atomic E-state index is 12.0. The summed E-state index contributed by atoms with van der Waals surface area (Å²) in [4.78, 5) is 19.4. The largest absolute Gasteiger partial charge is 0.340 e. The van der Waals surface area contributed by atoms with E-state index in [1.807, 2.05) is 11.3 Å². The van der Waals surface area contributed by atoms with Crippen LogP contribution in [0.5, 0.6) is 0 Å². The molecule has 0 spiro atoms. The molecule has 0 bridgehead atoms. The first-order valence-corrected chi connectivity index (χ1v) is 8.16. The van der Waals surface area contributed by atoms with Gasteiger partial charge >= 0.3 is 0 Å². The molecule has 3 rings (SSSR count). The van der Waals surface area contributed by atoms with E-state index in [1.54, 1.807) is 0 Å². The molecule has 1 saturated heterocycles. The molecule has 2 heterocycles. The second-order valence-corrected chi connectivity index (χ2v) is 6.85. The van der Waals surface area contributed by atoms with Crippen molar-refractivity contribution >= 4 is 17.2 Å². The maximum Gasteiger partial charge on any atom is 0.225 e. The number of hydrogen-bond acceptors (Lipinski definition) is 3. The highest BCUT2D eigenvalue weighted by molar-refractivity contribution is 7.11. The molecule has 1 aromatic rings. The first kappa shape index (κ1) is 13.1. The van der Waals surface area contributed by atoms with Gasteiger partial charge in [-0.15, -0.1) is 11.3 Å². The van der Waals surface area contributed by atoms with E-state index in [4.69, 9.17) is 0 Å². The molecule has 3 nitrogen and oxygen atoms in total. The van der Waals surface area contributed by atoms with Crippen LogP contribution < -0.4 is 0 Å². The van der Waals surface area contributed by atoms with Gasteiger partial charge in [0.1, 0.15) is 0 Å². The average Bonchev–Trinajstić information content (AvgIpc) is 3.19. The number of piperazine rings is 1. The van der Waals surface area contributed by atoms with Crippen molar-refractivity contribution in [2.45, 2.75) is 32.7 Å². The van der Waals surface area contributed by atoms with Gasteiger partial charge in [0, 0.05) is 48.4 Å². The van der Waals surface area contributed by atoms with Crippen LogP contribution in [0.3, 0.4) is 0 Å². The molecule has 0 aromatic carbocycles. The Labute approximate surface area is 119 Å². The standard InChI is InChI=1S/C15H22N2OS/c1-2-13-5-6-14(19-13)11-16-7-9-17(10-8-16)15(18)12-3-4-12/h5-6,12H,2-4,7-11H2,1H3. The Kier molecular flexibility index (Phi) is 3.89. The third kappa shape index (κ3) is 3.18. The van der Waals surface area contributed by atoms with Crippen LogP contribution in [0, 0.1) is 5.92 Å². The Balaban J connectivity index is 1.48. The molecule has 104 valence electrons. The number of amides is 1. The third-order valence-corrected chi connectivity index (χ3v) is 5.27. The van der Waals surface area contributed by atoms with Gasteiger partial charge in [0.2, 0.25) is 5.91 Å². The summed E-state index contributed by atoms with van der Waals surface area (Å²) in [6.07, 6.45) is 3.37. The van der Waals surface area contributed by atoms with Crippen LogP contribution in [0.25, 0.3) is 0 Å². The van der Waals surface area contributed by atoms with Gasteiger partial charge in [0.15, 0.2) is 0 Å². The second-order valence-electron chi connectivity index (χ2n) is 5.60. The summed E-state index contributed by atoms with van der Waals surface area (Å²) in [5.41, 5.74) is 0. The van der Waals surface area contributed by atoms with E-state index in [1.165, 1.54) is 9.75 Å². The lowest BCUT2D eigenvalue weighted by atomic mass is 10.2. The fourth-order valence-corrected chi connectivity index (χ4v) is 3.63. The number of carbonyl (C=O) groups is 1. The minimum Gasteiger partial charge on any atom is -0.340 e. The highest BCUT2D eigenvalue weighted by Crippen LogP contribution is 2.31. The van der Waals surface area contributed by atoms with Gasteiger partial charge in [-0.05, 0) is 31.4 Å². The number of hydrogen-bond donors (Lipinski definition) is 0. The number of rotatable bonds is 4. The molecular weight excluding hydrogens is 256 g/mol. The Morgan fingerprint density at radius 1 is 1.21 bits per heavy atom. The summed E-state index contributed by atoms with van der Waals surface area (Å²) in [6, 6.07) is 4.50. The van der Waals surface area contributed by atoms with Crippen molar-refractivity contribution in [3.05, 3.63) is 21.9 Å². The first-order valence-electron chi connectivity index (χ1n) is 7.35. The van der Waals surface area contributed by atoms with Gasteiger partial charge in [0.25, 0.3) is 0 Å². The highest BCUT2D eigenvalue weighted by Gasteiger charge is 2.34. The number of carbonyl (C=O) groups excluding carboxylic acids is 1. The summed E-state index contributed by atoms with van der Waals surface area (Å²) in [6.45, 7) is 7.15. The molecule has 1 aromatic heterocycles. The molecule has 1 aliphatic carbocycles. The van der Waals surface area contributed by atoms with Crippen molar-refractivity contribution < 1.29 is 4.79 Å². The van der Waals surface area contributed by atoms with Crippen molar-refractivity contribution in [3.63, 3.8) is 0 Å². The molecule has 1 amide bonds. The predicted molar refractivity (Wildman–Crippen MR) is 78.3 cm³/mol. The molecule has 0 unspecified atom stereocenters. The Morgan fingerprint density at radius 3 is 2.47 bits per heavy atom. The normalized spacial score (nSPS) is 20.8. The quantitative estimate of drug-likeness (QED) is 0.844.